The Morgan fingerprint density at radius 2 is 1.11 bits per heavy atom. The maximum absolute atomic E-state index is 15.3. The highest BCUT2D eigenvalue weighted by Gasteiger charge is 2.46. The number of rotatable bonds is 12. The fraction of sp³-hybridized carbons (Fsp3) is 0.417. The van der Waals surface area contributed by atoms with E-state index in [2.05, 4.69) is 26.3 Å². The largest absolute Gasteiger partial charge is 0.370 e. The zero-order valence-electron chi connectivity index (χ0n) is 46.9. The number of likely N-dealkylation sites (N-methyl/N-ethyl adjacent to an activating group) is 1. The molecule has 0 saturated carbocycles. The lowest BCUT2D eigenvalue weighted by atomic mass is 9.92. The van der Waals surface area contributed by atoms with Gasteiger partial charge in [0.05, 0.1) is 5.75 Å². The van der Waals surface area contributed by atoms with E-state index in [1.54, 1.807) is 60.7 Å². The van der Waals surface area contributed by atoms with Crippen LogP contribution in [-0.4, -0.2) is 171 Å². The minimum absolute atomic E-state index is 0.00952. The number of aliphatic imine (C=N–C) groups is 1. The highest BCUT2D eigenvalue weighted by atomic mass is 32.2. The van der Waals surface area contributed by atoms with Gasteiger partial charge in [-0.25, -0.2) is 0 Å². The summed E-state index contributed by atoms with van der Waals surface area (Å²) in [6, 6.07) is 21.5. The van der Waals surface area contributed by atoms with Crippen molar-refractivity contribution in [1.29, 1.82) is 0 Å². The summed E-state index contributed by atoms with van der Waals surface area (Å²) < 4.78 is 0. The van der Waals surface area contributed by atoms with Crippen LogP contribution in [0.5, 0.6) is 0 Å². The number of nitrogens with two attached hydrogens (primary N) is 4. The van der Waals surface area contributed by atoms with Crippen molar-refractivity contribution in [2.75, 3.05) is 38.2 Å². The molecule has 444 valence electrons. The first-order valence-electron chi connectivity index (χ1n) is 28.2. The average molecular weight is 1170 g/mol. The van der Waals surface area contributed by atoms with Crippen molar-refractivity contribution in [3.63, 3.8) is 0 Å². The molecule has 0 aliphatic carbocycles. The standard InChI is InChI=1S/C60H73N13O10S/c1-70-49(31-37-15-6-3-7-16-37)59(83)71-27-11-20-46(71)55(79)67-43(29-36-13-4-2-5-14-36)53(77)66-42(19-10-26-65-60(63)64)57(81)72-28-12-21-47(72)58(82)73-33-41-18-9-8-17-40(41)32-48(73)56(80)68-44(30-38-22-24-39(25-23-38)51(61)75)54(78)69-45(52(62)76)34-84-35-50(70)74/h2-9,13-18,22-25,42-49H,10-12,19-21,26-35H2,1H3,(H2,61,75)(H2,62,76)(H,66,77)(H,67,79)(H,68,80)(H,69,78)(H4,63,64,65)/t42-,43-,44-,45-,46-,47-,48-,49-/m0/s1. The van der Waals surface area contributed by atoms with Gasteiger partial charge in [0.2, 0.25) is 59.1 Å². The molecule has 4 aromatic rings. The van der Waals surface area contributed by atoms with Gasteiger partial charge in [-0.3, -0.25) is 52.9 Å². The van der Waals surface area contributed by atoms with Crippen LogP contribution in [0.25, 0.3) is 0 Å². The van der Waals surface area contributed by atoms with Gasteiger partial charge in [0, 0.05) is 70.2 Å². The Labute approximate surface area is 491 Å². The van der Waals surface area contributed by atoms with Crippen LogP contribution in [0.2, 0.25) is 0 Å². The van der Waals surface area contributed by atoms with Crippen molar-refractivity contribution >= 4 is 76.8 Å². The maximum atomic E-state index is 15.3. The molecule has 0 aromatic heterocycles. The molecule has 3 fully saturated rings. The fourth-order valence-electron chi connectivity index (χ4n) is 11.3. The molecule has 0 spiro atoms. The predicted octanol–water partition coefficient (Wildman–Crippen LogP) is -0.199. The molecule has 23 nitrogen and oxygen atoms in total. The SMILES string of the molecule is CN1C(=O)CSC[C@@H](C(N)=O)NC(=O)[C@H](Cc2ccc(C(N)=O)cc2)NC(=O)[C@@H]2Cc3ccccc3CN2C(=O)[C@@H]2CCCN2C(=O)[C@H](CCCN=C(N)N)NC(=O)[C@H](Cc2ccccc2)NC(=O)[C@@H]2CCCN2C(=O)[C@@H]1Cc1ccccc1. The summed E-state index contributed by atoms with van der Waals surface area (Å²) in [5.41, 5.74) is 26.4. The number of hydrogen-bond donors (Lipinski definition) is 8. The molecular weight excluding hydrogens is 1090 g/mol. The van der Waals surface area contributed by atoms with Crippen molar-refractivity contribution in [2.45, 2.75) is 119 Å². The van der Waals surface area contributed by atoms with E-state index in [9.17, 15) is 33.6 Å². The quantitative estimate of drug-likeness (QED) is 0.0519. The molecule has 3 saturated heterocycles. The van der Waals surface area contributed by atoms with Crippen LogP contribution in [0.3, 0.4) is 0 Å². The average Bonchev–Trinajstić information content (AvgIpc) is 3.41. The summed E-state index contributed by atoms with van der Waals surface area (Å²) in [5.74, 6) is -7.35. The third-order valence-corrected chi connectivity index (χ3v) is 16.9. The lowest BCUT2D eigenvalue weighted by Crippen LogP contribution is -2.62. The van der Waals surface area contributed by atoms with Gasteiger partial charge in [-0.1, -0.05) is 97.1 Å². The minimum Gasteiger partial charge on any atom is -0.370 e. The number of carbonyl (C=O) groups excluding carboxylic acids is 10. The Balaban J connectivity index is 1.18. The van der Waals surface area contributed by atoms with Crippen molar-refractivity contribution in [3.8, 4) is 0 Å². The van der Waals surface area contributed by atoms with Gasteiger partial charge in [-0.05, 0) is 78.5 Å². The summed E-state index contributed by atoms with van der Waals surface area (Å²) in [6.45, 7) is 0.342. The van der Waals surface area contributed by atoms with Crippen molar-refractivity contribution in [1.82, 2.24) is 40.9 Å². The third-order valence-electron chi connectivity index (χ3n) is 15.9. The van der Waals surface area contributed by atoms with Crippen LogP contribution in [0.15, 0.2) is 114 Å². The number of nitrogens with one attached hydrogen (secondary N) is 4. The van der Waals surface area contributed by atoms with Crippen LogP contribution < -0.4 is 44.2 Å². The van der Waals surface area contributed by atoms with Gasteiger partial charge in [0.15, 0.2) is 5.96 Å². The summed E-state index contributed by atoms with van der Waals surface area (Å²) in [5, 5.41) is 11.4. The zero-order chi connectivity index (χ0) is 60.0. The molecule has 4 heterocycles. The van der Waals surface area contributed by atoms with E-state index in [-0.39, 0.29) is 101 Å². The Bertz CT molecular complexity index is 3110. The number of amides is 10. The van der Waals surface area contributed by atoms with Crippen LogP contribution in [0, 0.1) is 0 Å². The molecule has 4 aliphatic heterocycles. The first kappa shape index (κ1) is 61.3. The molecule has 8 rings (SSSR count). The number of thioether (sulfide) groups is 1. The van der Waals surface area contributed by atoms with E-state index in [1.807, 2.05) is 36.4 Å². The molecule has 4 aliphatic rings. The number of benzene rings is 4. The van der Waals surface area contributed by atoms with E-state index >= 15 is 14.4 Å². The summed E-state index contributed by atoms with van der Waals surface area (Å²) in [6.07, 6.45) is 1.42. The number of fused-ring (bicyclic) bond motifs is 4. The number of hydrogen-bond acceptors (Lipinski definition) is 12. The van der Waals surface area contributed by atoms with Crippen LogP contribution in [0.4, 0.5) is 0 Å². The molecule has 8 atom stereocenters. The smallest absolute Gasteiger partial charge is 0.248 e. The number of nitrogens with zero attached hydrogens (tertiary/aromatic N) is 5. The van der Waals surface area contributed by atoms with E-state index in [4.69, 9.17) is 22.9 Å². The molecule has 84 heavy (non-hydrogen) atoms. The van der Waals surface area contributed by atoms with E-state index < -0.39 is 107 Å². The lowest BCUT2D eigenvalue weighted by molar-refractivity contribution is -0.150. The Hall–Kier alpha value is -8.80. The van der Waals surface area contributed by atoms with Gasteiger partial charge in [-0.15, -0.1) is 11.8 Å². The van der Waals surface area contributed by atoms with Crippen LogP contribution in [0.1, 0.15) is 76.7 Å². The summed E-state index contributed by atoms with van der Waals surface area (Å²) in [4.78, 5) is 154. The number of guanidine groups is 1. The fourth-order valence-corrected chi connectivity index (χ4v) is 12.3. The van der Waals surface area contributed by atoms with Gasteiger partial charge < -0.3 is 63.8 Å². The molecule has 0 unspecified atom stereocenters. The highest BCUT2D eigenvalue weighted by Crippen LogP contribution is 2.30. The zero-order valence-corrected chi connectivity index (χ0v) is 47.7. The molecule has 0 bridgehead atoms. The Morgan fingerprint density at radius 1 is 0.571 bits per heavy atom. The minimum atomic E-state index is -1.41. The molecular formula is C60H73N13O10S. The van der Waals surface area contributed by atoms with E-state index in [0.717, 1.165) is 28.5 Å². The normalized spacial score (nSPS) is 24.3. The number of primary amides is 2. The second-order valence-corrected chi connectivity index (χ2v) is 22.6. The van der Waals surface area contributed by atoms with Gasteiger partial charge in [-0.2, -0.15) is 0 Å². The summed E-state index contributed by atoms with van der Waals surface area (Å²) in [7, 11) is 1.48. The Kier molecular flexibility index (Phi) is 20.8. The second-order valence-electron chi connectivity index (χ2n) is 21.6. The van der Waals surface area contributed by atoms with Gasteiger partial charge in [0.25, 0.3) is 0 Å². The molecule has 10 amide bonds. The van der Waals surface area contributed by atoms with Crippen molar-refractivity contribution in [2.24, 2.45) is 27.9 Å². The first-order valence-corrected chi connectivity index (χ1v) is 29.4. The van der Waals surface area contributed by atoms with Gasteiger partial charge in [0.1, 0.15) is 48.3 Å². The number of carbonyl (C=O) groups is 10. The lowest BCUT2D eigenvalue weighted by Gasteiger charge is -2.40. The van der Waals surface area contributed by atoms with E-state index in [1.165, 1.54) is 38.8 Å². The topological polar surface area (TPSA) is 348 Å². The highest BCUT2D eigenvalue weighted by molar-refractivity contribution is 8.00. The van der Waals surface area contributed by atoms with Gasteiger partial charge >= 0.3 is 0 Å². The molecule has 24 heteroatoms. The van der Waals surface area contributed by atoms with Crippen LogP contribution >= 0.6 is 11.8 Å². The Morgan fingerprint density at radius 3 is 1.71 bits per heavy atom. The molecule has 12 N–H and O–H groups in total. The van der Waals surface area contributed by atoms with Crippen LogP contribution in [-0.2, 0) is 75.4 Å². The van der Waals surface area contributed by atoms with Crippen molar-refractivity contribution < 1.29 is 47.9 Å². The monoisotopic (exact) mass is 1170 g/mol. The van der Waals surface area contributed by atoms with Crippen molar-refractivity contribution in [3.05, 3.63) is 143 Å². The predicted molar refractivity (Wildman–Crippen MR) is 314 cm³/mol. The molecule has 0 radical (unpaired) electrons. The first-order chi connectivity index (χ1) is 40.4. The summed E-state index contributed by atoms with van der Waals surface area (Å²) >= 11 is 0.978. The third kappa shape index (κ3) is 15.4. The molecule has 4 aromatic carbocycles. The second kappa shape index (κ2) is 28.5. The van der Waals surface area contributed by atoms with E-state index in [0.29, 0.717) is 24.0 Å². The maximum Gasteiger partial charge on any atom is 0.248 e.